The molecule has 0 fully saturated rings. The minimum Gasteiger partial charge on any atom is -0.324 e. The summed E-state index contributed by atoms with van der Waals surface area (Å²) in [6.45, 7) is 0. The second-order valence-electron chi connectivity index (χ2n) is 4.63. The molecule has 1 aromatic heterocycles. The highest BCUT2D eigenvalue weighted by Crippen LogP contribution is 2.17. The first-order chi connectivity index (χ1) is 8.86. The van der Waals surface area contributed by atoms with Crippen LogP contribution in [0.2, 0.25) is 0 Å². The van der Waals surface area contributed by atoms with Gasteiger partial charge in [-0.2, -0.15) is 5.10 Å². The van der Waals surface area contributed by atoms with Crippen molar-refractivity contribution in [1.29, 1.82) is 0 Å². The van der Waals surface area contributed by atoms with E-state index >= 15 is 0 Å². The maximum atomic E-state index is 11.4. The first-order valence-corrected chi connectivity index (χ1v) is 7.79. The summed E-state index contributed by atoms with van der Waals surface area (Å²) in [5.41, 5.74) is 7.92. The summed E-state index contributed by atoms with van der Waals surface area (Å²) in [6, 6.07) is 8.41. The summed E-state index contributed by atoms with van der Waals surface area (Å²) in [5.74, 6) is 0. The van der Waals surface area contributed by atoms with Gasteiger partial charge in [0.1, 0.15) is 0 Å². The summed E-state index contributed by atoms with van der Waals surface area (Å²) in [5, 5.41) is 4.27. The van der Waals surface area contributed by atoms with Gasteiger partial charge in [-0.3, -0.25) is 4.68 Å². The number of hydrogen-bond acceptors (Lipinski definition) is 4. The Morgan fingerprint density at radius 2 is 1.89 bits per heavy atom. The highest BCUT2D eigenvalue weighted by Gasteiger charge is 2.11. The molecule has 0 spiro atoms. The third-order valence-corrected chi connectivity index (χ3v) is 4.06. The molecule has 1 heterocycles. The van der Waals surface area contributed by atoms with Crippen LogP contribution >= 0.6 is 0 Å². The average Bonchev–Trinajstić information content (AvgIpc) is 2.74. The molecule has 0 aliphatic carbocycles. The first kappa shape index (κ1) is 13.8. The summed E-state index contributed by atoms with van der Waals surface area (Å²) >= 11 is 0. The van der Waals surface area contributed by atoms with Gasteiger partial charge >= 0.3 is 0 Å². The highest BCUT2D eigenvalue weighted by molar-refractivity contribution is 7.90. The lowest BCUT2D eigenvalue weighted by Gasteiger charge is -2.11. The Balaban J connectivity index is 2.14. The largest absolute Gasteiger partial charge is 0.324 e. The van der Waals surface area contributed by atoms with Gasteiger partial charge in [0.15, 0.2) is 9.84 Å². The van der Waals surface area contributed by atoms with Gasteiger partial charge in [0.05, 0.1) is 10.6 Å². The van der Waals surface area contributed by atoms with Crippen molar-refractivity contribution in [2.45, 2.75) is 17.4 Å². The van der Waals surface area contributed by atoms with Gasteiger partial charge in [-0.25, -0.2) is 8.42 Å². The van der Waals surface area contributed by atoms with E-state index in [4.69, 9.17) is 5.73 Å². The zero-order chi connectivity index (χ0) is 14.0. The van der Waals surface area contributed by atoms with Crippen molar-refractivity contribution in [2.24, 2.45) is 12.8 Å². The molecule has 102 valence electrons. The molecule has 2 N–H and O–H groups in total. The van der Waals surface area contributed by atoms with Crippen molar-refractivity contribution < 1.29 is 8.42 Å². The van der Waals surface area contributed by atoms with Crippen LogP contribution in [0.5, 0.6) is 0 Å². The summed E-state index contributed by atoms with van der Waals surface area (Å²) < 4.78 is 24.5. The maximum Gasteiger partial charge on any atom is 0.175 e. The third-order valence-electron chi connectivity index (χ3n) is 2.93. The Morgan fingerprint density at radius 1 is 1.26 bits per heavy atom. The van der Waals surface area contributed by atoms with Gasteiger partial charge in [0.25, 0.3) is 0 Å². The Kier molecular flexibility index (Phi) is 3.73. The van der Waals surface area contributed by atoms with E-state index in [2.05, 4.69) is 5.10 Å². The lowest BCUT2D eigenvalue weighted by molar-refractivity contribution is 0.601. The van der Waals surface area contributed by atoms with Crippen LogP contribution < -0.4 is 5.73 Å². The summed E-state index contributed by atoms with van der Waals surface area (Å²) in [7, 11) is -1.30. The Morgan fingerprint density at radius 3 is 2.37 bits per heavy atom. The number of aryl methyl sites for hydroxylation is 1. The zero-order valence-electron chi connectivity index (χ0n) is 10.9. The minimum absolute atomic E-state index is 0.191. The van der Waals surface area contributed by atoms with E-state index in [-0.39, 0.29) is 6.04 Å². The van der Waals surface area contributed by atoms with Crippen LogP contribution in [0.3, 0.4) is 0 Å². The van der Waals surface area contributed by atoms with Crippen LogP contribution in [0.15, 0.2) is 41.4 Å². The standard InChI is InChI=1S/C13H17N3O2S/c1-16-8-7-11(15-16)9-13(14)10-3-5-12(6-4-10)19(2,17)18/h3-8,13H,9,14H2,1-2H3. The van der Waals surface area contributed by atoms with Crippen LogP contribution in [0, 0.1) is 0 Å². The third kappa shape index (κ3) is 3.42. The van der Waals surface area contributed by atoms with Crippen LogP contribution in [0.1, 0.15) is 17.3 Å². The minimum atomic E-state index is -3.16. The van der Waals surface area contributed by atoms with E-state index in [1.54, 1.807) is 28.9 Å². The Labute approximate surface area is 113 Å². The van der Waals surface area contributed by atoms with Gasteiger partial charge in [0.2, 0.25) is 0 Å². The number of nitrogens with two attached hydrogens (primary N) is 1. The molecule has 6 heteroatoms. The predicted octanol–water partition coefficient (Wildman–Crippen LogP) is 1.07. The van der Waals surface area contributed by atoms with E-state index in [0.717, 1.165) is 11.3 Å². The number of hydrogen-bond donors (Lipinski definition) is 1. The SMILES string of the molecule is Cn1ccc(CC(N)c2ccc(S(C)(=O)=O)cc2)n1. The molecule has 1 atom stereocenters. The summed E-state index contributed by atoms with van der Waals surface area (Å²) in [4.78, 5) is 0.307. The fourth-order valence-electron chi connectivity index (χ4n) is 1.88. The van der Waals surface area contributed by atoms with Crippen LogP contribution in [-0.2, 0) is 23.3 Å². The lowest BCUT2D eigenvalue weighted by Crippen LogP contribution is -2.14. The number of nitrogens with zero attached hydrogens (tertiary/aromatic N) is 2. The fourth-order valence-corrected chi connectivity index (χ4v) is 2.51. The normalized spacial score (nSPS) is 13.4. The van der Waals surface area contributed by atoms with Crippen molar-refractivity contribution in [3.05, 3.63) is 47.8 Å². The molecule has 0 saturated heterocycles. The van der Waals surface area contributed by atoms with Crippen LogP contribution in [-0.4, -0.2) is 24.5 Å². The van der Waals surface area contributed by atoms with Crippen molar-refractivity contribution in [3.8, 4) is 0 Å². The van der Waals surface area contributed by atoms with Gasteiger partial charge < -0.3 is 5.73 Å². The van der Waals surface area contributed by atoms with E-state index < -0.39 is 9.84 Å². The second kappa shape index (κ2) is 5.14. The Bertz CT molecular complexity index is 659. The van der Waals surface area contributed by atoms with Crippen molar-refractivity contribution >= 4 is 9.84 Å². The van der Waals surface area contributed by atoms with Gasteiger partial charge in [-0.1, -0.05) is 12.1 Å². The van der Waals surface area contributed by atoms with E-state index in [1.165, 1.54) is 6.26 Å². The molecule has 0 aliphatic heterocycles. The zero-order valence-corrected chi connectivity index (χ0v) is 11.8. The number of sulfone groups is 1. The smallest absolute Gasteiger partial charge is 0.175 e. The quantitative estimate of drug-likeness (QED) is 0.908. The molecular weight excluding hydrogens is 262 g/mol. The van der Waals surface area contributed by atoms with Crippen LogP contribution in [0.4, 0.5) is 0 Å². The highest BCUT2D eigenvalue weighted by atomic mass is 32.2. The van der Waals surface area contributed by atoms with E-state index in [9.17, 15) is 8.42 Å². The predicted molar refractivity (Wildman–Crippen MR) is 73.4 cm³/mol. The second-order valence-corrected chi connectivity index (χ2v) is 6.65. The first-order valence-electron chi connectivity index (χ1n) is 5.90. The molecule has 1 unspecified atom stereocenters. The lowest BCUT2D eigenvalue weighted by atomic mass is 10.0. The number of rotatable bonds is 4. The molecule has 0 radical (unpaired) electrons. The molecule has 19 heavy (non-hydrogen) atoms. The van der Waals surface area contributed by atoms with Crippen molar-refractivity contribution in [2.75, 3.05) is 6.26 Å². The maximum absolute atomic E-state index is 11.4. The molecule has 0 bridgehead atoms. The van der Waals surface area contributed by atoms with Gasteiger partial charge in [-0.05, 0) is 23.8 Å². The molecule has 2 rings (SSSR count). The fraction of sp³-hybridized carbons (Fsp3) is 0.308. The molecule has 0 aliphatic rings. The Hall–Kier alpha value is -1.66. The van der Waals surface area contributed by atoms with Gasteiger partial charge in [0, 0.05) is 32.0 Å². The molecule has 5 nitrogen and oxygen atoms in total. The monoisotopic (exact) mass is 279 g/mol. The molecular formula is C13H17N3O2S. The molecule has 2 aromatic rings. The topological polar surface area (TPSA) is 78.0 Å². The molecule has 0 amide bonds. The van der Waals surface area contributed by atoms with Crippen molar-refractivity contribution in [1.82, 2.24) is 9.78 Å². The van der Waals surface area contributed by atoms with Crippen LogP contribution in [0.25, 0.3) is 0 Å². The van der Waals surface area contributed by atoms with E-state index in [1.807, 2.05) is 19.3 Å². The summed E-state index contributed by atoms with van der Waals surface area (Å²) in [6.07, 6.45) is 3.68. The van der Waals surface area contributed by atoms with Gasteiger partial charge in [-0.15, -0.1) is 0 Å². The average molecular weight is 279 g/mol. The number of aromatic nitrogens is 2. The molecule has 0 saturated carbocycles. The van der Waals surface area contributed by atoms with Crippen molar-refractivity contribution in [3.63, 3.8) is 0 Å². The number of benzene rings is 1. The molecule has 1 aromatic carbocycles. The van der Waals surface area contributed by atoms with E-state index in [0.29, 0.717) is 11.3 Å².